The number of hydrogen-bond acceptors (Lipinski definition) is 5. The molecule has 0 aliphatic rings. The van der Waals surface area contributed by atoms with Gasteiger partial charge in [-0.3, -0.25) is 4.79 Å². The quantitative estimate of drug-likeness (QED) is 0.797. The lowest BCUT2D eigenvalue weighted by molar-refractivity contribution is 0.100. The molecule has 0 bridgehead atoms. The van der Waals surface area contributed by atoms with Crippen molar-refractivity contribution in [2.24, 2.45) is 11.7 Å². The third kappa shape index (κ3) is 3.10. The third-order valence-corrected chi connectivity index (χ3v) is 2.61. The van der Waals surface area contributed by atoms with Crippen molar-refractivity contribution in [2.45, 2.75) is 13.8 Å². The van der Waals surface area contributed by atoms with E-state index in [4.69, 9.17) is 16.7 Å². The number of aromatic nitrogens is 1. The minimum absolute atomic E-state index is 0.124. The Morgan fingerprint density at radius 2 is 2.33 bits per heavy atom. The highest BCUT2D eigenvalue weighted by atomic mass is 16.1. The molecule has 6 nitrogen and oxygen atoms in total. The van der Waals surface area contributed by atoms with E-state index in [-0.39, 0.29) is 17.2 Å². The molecule has 96 valence electrons. The Labute approximate surface area is 106 Å². The van der Waals surface area contributed by atoms with Crippen molar-refractivity contribution >= 4 is 17.4 Å². The second kappa shape index (κ2) is 5.87. The molecule has 0 aliphatic carbocycles. The van der Waals surface area contributed by atoms with Gasteiger partial charge in [-0.2, -0.15) is 5.26 Å². The SMILES string of the molecule is CCN(CC(C)C#N)c1cc(C(N)=O)c(N)cn1. The Balaban J connectivity index is 3.04. The van der Waals surface area contributed by atoms with Crippen LogP contribution in [-0.2, 0) is 0 Å². The first-order valence-corrected chi connectivity index (χ1v) is 5.69. The number of nitrogens with two attached hydrogens (primary N) is 2. The molecule has 0 aromatic carbocycles. The van der Waals surface area contributed by atoms with Gasteiger partial charge in [0, 0.05) is 13.1 Å². The van der Waals surface area contributed by atoms with Crippen LogP contribution >= 0.6 is 0 Å². The van der Waals surface area contributed by atoms with Crippen LogP contribution < -0.4 is 16.4 Å². The molecule has 1 unspecified atom stereocenters. The maximum Gasteiger partial charge on any atom is 0.250 e. The van der Waals surface area contributed by atoms with Crippen molar-refractivity contribution in [3.63, 3.8) is 0 Å². The molecule has 6 heteroatoms. The minimum atomic E-state index is -0.583. The molecule has 1 heterocycles. The molecule has 0 fully saturated rings. The summed E-state index contributed by atoms with van der Waals surface area (Å²) in [5.41, 5.74) is 11.4. The average Bonchev–Trinajstić information content (AvgIpc) is 2.36. The van der Waals surface area contributed by atoms with Crippen LogP contribution in [0, 0.1) is 17.2 Å². The summed E-state index contributed by atoms with van der Waals surface area (Å²) in [4.78, 5) is 17.3. The van der Waals surface area contributed by atoms with Gasteiger partial charge >= 0.3 is 0 Å². The van der Waals surface area contributed by atoms with Gasteiger partial charge in [0.15, 0.2) is 0 Å². The second-order valence-electron chi connectivity index (χ2n) is 4.06. The van der Waals surface area contributed by atoms with Crippen LogP contribution in [-0.4, -0.2) is 24.0 Å². The zero-order valence-corrected chi connectivity index (χ0v) is 10.6. The van der Waals surface area contributed by atoms with Gasteiger partial charge in [0.2, 0.25) is 0 Å². The molecule has 1 aromatic rings. The van der Waals surface area contributed by atoms with E-state index in [0.717, 1.165) is 0 Å². The van der Waals surface area contributed by atoms with Crippen molar-refractivity contribution in [3.8, 4) is 6.07 Å². The van der Waals surface area contributed by atoms with E-state index in [1.165, 1.54) is 6.20 Å². The van der Waals surface area contributed by atoms with Gasteiger partial charge in [0.25, 0.3) is 5.91 Å². The average molecular weight is 247 g/mol. The summed E-state index contributed by atoms with van der Waals surface area (Å²) >= 11 is 0. The molecule has 0 saturated heterocycles. The highest BCUT2D eigenvalue weighted by molar-refractivity contribution is 5.98. The van der Waals surface area contributed by atoms with E-state index in [1.807, 2.05) is 18.7 Å². The lowest BCUT2D eigenvalue weighted by Crippen LogP contribution is -2.29. The number of anilines is 2. The summed E-state index contributed by atoms with van der Waals surface area (Å²) in [5.74, 6) is -0.107. The fourth-order valence-electron chi connectivity index (χ4n) is 1.60. The molecule has 18 heavy (non-hydrogen) atoms. The van der Waals surface area contributed by atoms with Crippen LogP contribution in [0.4, 0.5) is 11.5 Å². The van der Waals surface area contributed by atoms with E-state index < -0.39 is 5.91 Å². The van der Waals surface area contributed by atoms with E-state index in [1.54, 1.807) is 6.07 Å². The first-order chi connectivity index (χ1) is 8.49. The number of pyridine rings is 1. The first-order valence-electron chi connectivity index (χ1n) is 5.69. The zero-order chi connectivity index (χ0) is 13.7. The van der Waals surface area contributed by atoms with Crippen LogP contribution in [0.25, 0.3) is 0 Å². The van der Waals surface area contributed by atoms with Crippen molar-refractivity contribution < 1.29 is 4.79 Å². The van der Waals surface area contributed by atoms with Crippen LogP contribution in [0.15, 0.2) is 12.3 Å². The van der Waals surface area contributed by atoms with Gasteiger partial charge in [-0.15, -0.1) is 0 Å². The summed E-state index contributed by atoms with van der Waals surface area (Å²) in [6, 6.07) is 3.72. The van der Waals surface area contributed by atoms with Crippen LogP contribution in [0.1, 0.15) is 24.2 Å². The van der Waals surface area contributed by atoms with Gasteiger partial charge < -0.3 is 16.4 Å². The smallest absolute Gasteiger partial charge is 0.250 e. The topological polar surface area (TPSA) is 109 Å². The predicted octanol–water partition coefficient (Wildman–Crippen LogP) is 0.749. The summed E-state index contributed by atoms with van der Waals surface area (Å²) in [6.07, 6.45) is 1.41. The molecule has 0 aliphatic heterocycles. The fraction of sp³-hybridized carbons (Fsp3) is 0.417. The summed E-state index contributed by atoms with van der Waals surface area (Å²) < 4.78 is 0. The number of nitrogens with zero attached hydrogens (tertiary/aromatic N) is 3. The summed E-state index contributed by atoms with van der Waals surface area (Å²) in [7, 11) is 0. The Bertz CT molecular complexity index is 480. The molecule has 0 spiro atoms. The minimum Gasteiger partial charge on any atom is -0.397 e. The monoisotopic (exact) mass is 247 g/mol. The maximum atomic E-state index is 11.2. The second-order valence-corrected chi connectivity index (χ2v) is 4.06. The summed E-state index contributed by atoms with van der Waals surface area (Å²) in [5, 5.41) is 8.82. The molecule has 0 radical (unpaired) electrons. The van der Waals surface area contributed by atoms with E-state index in [2.05, 4.69) is 11.1 Å². The largest absolute Gasteiger partial charge is 0.397 e. The Morgan fingerprint density at radius 3 is 2.83 bits per heavy atom. The van der Waals surface area contributed by atoms with Gasteiger partial charge in [-0.1, -0.05) is 0 Å². The number of rotatable bonds is 5. The molecule has 1 atom stereocenters. The van der Waals surface area contributed by atoms with Gasteiger partial charge in [-0.05, 0) is 19.9 Å². The molecule has 1 aromatic heterocycles. The molecule has 1 amide bonds. The first kappa shape index (κ1) is 13.8. The highest BCUT2D eigenvalue weighted by Gasteiger charge is 2.14. The number of carbonyl (C=O) groups is 1. The van der Waals surface area contributed by atoms with Crippen LogP contribution in [0.5, 0.6) is 0 Å². The number of amides is 1. The Hall–Kier alpha value is -2.29. The van der Waals surface area contributed by atoms with Crippen molar-refractivity contribution in [3.05, 3.63) is 17.8 Å². The number of carbonyl (C=O) groups excluding carboxylic acids is 1. The molecule has 4 N–H and O–H groups in total. The van der Waals surface area contributed by atoms with Crippen LogP contribution in [0.2, 0.25) is 0 Å². The predicted molar refractivity (Wildman–Crippen MR) is 69.8 cm³/mol. The van der Waals surface area contributed by atoms with E-state index in [9.17, 15) is 4.79 Å². The summed E-state index contributed by atoms with van der Waals surface area (Å²) in [6.45, 7) is 5.00. The van der Waals surface area contributed by atoms with E-state index in [0.29, 0.717) is 18.9 Å². The lowest BCUT2D eigenvalue weighted by atomic mass is 10.1. The maximum absolute atomic E-state index is 11.2. The Morgan fingerprint density at radius 1 is 1.67 bits per heavy atom. The van der Waals surface area contributed by atoms with Gasteiger partial charge in [-0.25, -0.2) is 4.98 Å². The van der Waals surface area contributed by atoms with Crippen LogP contribution in [0.3, 0.4) is 0 Å². The van der Waals surface area contributed by atoms with Gasteiger partial charge in [0.05, 0.1) is 29.4 Å². The number of nitriles is 1. The fourth-order valence-corrected chi connectivity index (χ4v) is 1.60. The Kier molecular flexibility index (Phi) is 4.49. The third-order valence-electron chi connectivity index (χ3n) is 2.61. The zero-order valence-electron chi connectivity index (χ0n) is 10.6. The normalized spacial score (nSPS) is 11.6. The van der Waals surface area contributed by atoms with Crippen molar-refractivity contribution in [1.82, 2.24) is 4.98 Å². The van der Waals surface area contributed by atoms with Crippen molar-refractivity contribution in [1.29, 1.82) is 5.26 Å². The molecular formula is C12H17N5O. The van der Waals surface area contributed by atoms with E-state index >= 15 is 0 Å². The molecular weight excluding hydrogens is 230 g/mol. The van der Waals surface area contributed by atoms with Gasteiger partial charge in [0.1, 0.15) is 5.82 Å². The number of primary amides is 1. The molecule has 1 rings (SSSR count). The van der Waals surface area contributed by atoms with Crippen molar-refractivity contribution in [2.75, 3.05) is 23.7 Å². The number of nitrogen functional groups attached to an aromatic ring is 1. The standard InChI is InChI=1S/C12H17N5O/c1-3-17(7-8(2)5-13)11-4-9(12(15)18)10(14)6-16-11/h4,6,8H,3,7,14H2,1-2H3,(H2,15,18). The lowest BCUT2D eigenvalue weighted by Gasteiger charge is -2.23. The highest BCUT2D eigenvalue weighted by Crippen LogP contribution is 2.18. The number of hydrogen-bond donors (Lipinski definition) is 2. The molecule has 0 saturated carbocycles.